The third-order valence-corrected chi connectivity index (χ3v) is 4.34. The van der Waals surface area contributed by atoms with Gasteiger partial charge in [-0.3, -0.25) is 0 Å². The van der Waals surface area contributed by atoms with Gasteiger partial charge in [-0.1, -0.05) is 11.6 Å². The number of hydrogen-bond donors (Lipinski definition) is 1. The van der Waals surface area contributed by atoms with Crippen LogP contribution in [0.3, 0.4) is 0 Å². The van der Waals surface area contributed by atoms with Crippen LogP contribution in [0.2, 0.25) is 0 Å². The standard InChI is InChI=1S/C14H22O4/c1-9(2)4-5-10-13(3,18-10)12-14(8-16-14)7-6-11(15)17-12/h4,10-12,15H,5-8H2,1-3H3/t10-,11?,12-,13-,14+/m1/s1. The average Bonchev–Trinajstić information content (AvgIpc) is 3.19. The number of ether oxygens (including phenoxy) is 3. The highest BCUT2D eigenvalue weighted by Gasteiger charge is 2.70. The molecule has 1 N–H and O–H groups in total. The first-order chi connectivity index (χ1) is 8.46. The minimum absolute atomic E-state index is 0.135. The Hall–Kier alpha value is -0.420. The molecule has 5 atom stereocenters. The third kappa shape index (κ3) is 2.01. The highest BCUT2D eigenvalue weighted by molar-refractivity contribution is 5.18. The van der Waals surface area contributed by atoms with Crippen LogP contribution in [-0.4, -0.2) is 41.4 Å². The second-order valence-corrected chi connectivity index (χ2v) is 6.17. The average molecular weight is 254 g/mol. The van der Waals surface area contributed by atoms with Gasteiger partial charge in [0.15, 0.2) is 6.29 Å². The van der Waals surface area contributed by atoms with Crippen LogP contribution >= 0.6 is 0 Å². The van der Waals surface area contributed by atoms with Crippen LogP contribution in [0.25, 0.3) is 0 Å². The molecule has 1 spiro atoms. The van der Waals surface area contributed by atoms with Crippen molar-refractivity contribution in [1.29, 1.82) is 0 Å². The van der Waals surface area contributed by atoms with Gasteiger partial charge in [-0.2, -0.15) is 0 Å². The second-order valence-electron chi connectivity index (χ2n) is 6.17. The number of epoxide rings is 2. The summed E-state index contributed by atoms with van der Waals surface area (Å²) < 4.78 is 17.2. The van der Waals surface area contributed by atoms with Gasteiger partial charge in [-0.05, 0) is 33.6 Å². The van der Waals surface area contributed by atoms with Crippen LogP contribution < -0.4 is 0 Å². The van der Waals surface area contributed by atoms with Gasteiger partial charge in [0, 0.05) is 6.42 Å². The molecule has 0 radical (unpaired) electrons. The van der Waals surface area contributed by atoms with E-state index in [-0.39, 0.29) is 23.4 Å². The Balaban J connectivity index is 1.69. The predicted octanol–water partition coefficient (Wildman–Crippen LogP) is 1.77. The summed E-state index contributed by atoms with van der Waals surface area (Å²) >= 11 is 0. The van der Waals surface area contributed by atoms with Crippen LogP contribution in [0.15, 0.2) is 11.6 Å². The molecule has 0 aliphatic carbocycles. The summed E-state index contributed by atoms with van der Waals surface area (Å²) in [4.78, 5) is 0. The lowest BCUT2D eigenvalue weighted by atomic mass is 9.84. The van der Waals surface area contributed by atoms with E-state index in [9.17, 15) is 5.11 Å². The molecule has 1 unspecified atom stereocenters. The maximum Gasteiger partial charge on any atom is 0.155 e. The number of rotatable bonds is 3. The van der Waals surface area contributed by atoms with E-state index in [0.29, 0.717) is 6.42 Å². The van der Waals surface area contributed by atoms with E-state index in [2.05, 4.69) is 26.8 Å². The summed E-state index contributed by atoms with van der Waals surface area (Å²) in [6, 6.07) is 0. The zero-order valence-electron chi connectivity index (χ0n) is 11.3. The molecule has 3 heterocycles. The normalized spacial score (nSPS) is 50.1. The van der Waals surface area contributed by atoms with Crippen molar-refractivity contribution in [2.75, 3.05) is 6.61 Å². The highest BCUT2D eigenvalue weighted by Crippen LogP contribution is 2.54. The fraction of sp³-hybridized carbons (Fsp3) is 0.857. The molecule has 3 fully saturated rings. The number of hydrogen-bond acceptors (Lipinski definition) is 4. The summed E-state index contributed by atoms with van der Waals surface area (Å²) in [5, 5.41) is 9.69. The van der Waals surface area contributed by atoms with Crippen LogP contribution in [-0.2, 0) is 14.2 Å². The molecule has 3 saturated heterocycles. The van der Waals surface area contributed by atoms with Crippen LogP contribution in [0, 0.1) is 0 Å². The van der Waals surface area contributed by atoms with Crippen LogP contribution in [0.4, 0.5) is 0 Å². The maximum absolute atomic E-state index is 9.69. The molecule has 3 aliphatic rings. The summed E-state index contributed by atoms with van der Waals surface area (Å²) in [7, 11) is 0. The van der Waals surface area contributed by atoms with E-state index in [1.807, 2.05) is 0 Å². The van der Waals surface area contributed by atoms with E-state index in [1.165, 1.54) is 5.57 Å². The summed E-state index contributed by atoms with van der Waals surface area (Å²) in [5.41, 5.74) is 0.812. The number of aliphatic hydroxyl groups is 1. The molecule has 0 amide bonds. The van der Waals surface area contributed by atoms with Gasteiger partial charge in [0.1, 0.15) is 17.3 Å². The Labute approximate surface area is 108 Å². The van der Waals surface area contributed by atoms with Crippen molar-refractivity contribution in [3.8, 4) is 0 Å². The van der Waals surface area contributed by atoms with Gasteiger partial charge in [-0.15, -0.1) is 0 Å². The van der Waals surface area contributed by atoms with Gasteiger partial charge in [-0.25, -0.2) is 0 Å². The first-order valence-corrected chi connectivity index (χ1v) is 6.75. The summed E-state index contributed by atoms with van der Waals surface area (Å²) in [6.07, 6.45) is 4.00. The maximum atomic E-state index is 9.69. The molecule has 18 heavy (non-hydrogen) atoms. The molecule has 4 heteroatoms. The molecule has 0 aromatic heterocycles. The Morgan fingerprint density at radius 2 is 2.17 bits per heavy atom. The predicted molar refractivity (Wildman–Crippen MR) is 66.1 cm³/mol. The number of allylic oxidation sites excluding steroid dienone is 1. The van der Waals surface area contributed by atoms with E-state index < -0.39 is 6.29 Å². The lowest BCUT2D eigenvalue weighted by Crippen LogP contribution is -2.50. The van der Waals surface area contributed by atoms with Gasteiger partial charge in [0.2, 0.25) is 0 Å². The first kappa shape index (κ1) is 12.6. The van der Waals surface area contributed by atoms with Gasteiger partial charge >= 0.3 is 0 Å². The third-order valence-electron chi connectivity index (χ3n) is 4.34. The van der Waals surface area contributed by atoms with Crippen molar-refractivity contribution >= 4 is 0 Å². The van der Waals surface area contributed by atoms with Gasteiger partial charge < -0.3 is 19.3 Å². The first-order valence-electron chi connectivity index (χ1n) is 6.75. The highest BCUT2D eigenvalue weighted by atomic mass is 16.7. The van der Waals surface area contributed by atoms with Gasteiger partial charge in [0.05, 0.1) is 12.7 Å². The molecule has 0 aromatic carbocycles. The molecule has 0 bridgehead atoms. The largest absolute Gasteiger partial charge is 0.368 e. The topological polar surface area (TPSA) is 54.5 Å². The molecule has 0 aromatic rings. The lowest BCUT2D eigenvalue weighted by molar-refractivity contribution is -0.204. The zero-order chi connectivity index (χ0) is 13.0. The van der Waals surface area contributed by atoms with E-state index in [0.717, 1.165) is 19.4 Å². The fourth-order valence-corrected chi connectivity index (χ4v) is 3.02. The molecule has 102 valence electrons. The molecule has 3 rings (SSSR count). The van der Waals surface area contributed by atoms with Crippen molar-refractivity contribution in [2.45, 2.75) is 69.7 Å². The number of aliphatic hydroxyl groups excluding tert-OH is 1. The second kappa shape index (κ2) is 4.04. The zero-order valence-corrected chi connectivity index (χ0v) is 11.3. The molecule has 3 aliphatic heterocycles. The van der Waals surface area contributed by atoms with Crippen LogP contribution in [0.5, 0.6) is 0 Å². The quantitative estimate of drug-likeness (QED) is 0.616. The molecule has 4 nitrogen and oxygen atoms in total. The van der Waals surface area contributed by atoms with Crippen molar-refractivity contribution in [3.05, 3.63) is 11.6 Å². The lowest BCUT2D eigenvalue weighted by Gasteiger charge is -2.35. The molecule has 0 saturated carbocycles. The minimum atomic E-state index is -0.671. The van der Waals surface area contributed by atoms with Gasteiger partial charge in [0.25, 0.3) is 0 Å². The molecular weight excluding hydrogens is 232 g/mol. The Morgan fingerprint density at radius 3 is 2.78 bits per heavy atom. The summed E-state index contributed by atoms with van der Waals surface area (Å²) in [5.74, 6) is 0. The van der Waals surface area contributed by atoms with E-state index >= 15 is 0 Å². The monoisotopic (exact) mass is 254 g/mol. The smallest absolute Gasteiger partial charge is 0.155 e. The van der Waals surface area contributed by atoms with E-state index in [1.54, 1.807) is 0 Å². The van der Waals surface area contributed by atoms with E-state index in [4.69, 9.17) is 14.2 Å². The Morgan fingerprint density at radius 1 is 1.44 bits per heavy atom. The molecular formula is C14H22O4. The van der Waals surface area contributed by atoms with Crippen molar-refractivity contribution in [3.63, 3.8) is 0 Å². The summed E-state index contributed by atoms with van der Waals surface area (Å²) in [6.45, 7) is 6.99. The minimum Gasteiger partial charge on any atom is -0.368 e. The van der Waals surface area contributed by atoms with Crippen molar-refractivity contribution in [1.82, 2.24) is 0 Å². The van der Waals surface area contributed by atoms with Crippen LogP contribution in [0.1, 0.15) is 40.0 Å². The Kier molecular flexibility index (Phi) is 2.83. The van der Waals surface area contributed by atoms with Crippen molar-refractivity contribution < 1.29 is 19.3 Å². The SMILES string of the molecule is CC(C)=CC[C@H]1O[C@@]1(C)[C@H]1OC(O)CC[C@]12CO2. The van der Waals surface area contributed by atoms with Crippen molar-refractivity contribution in [2.24, 2.45) is 0 Å². The fourth-order valence-electron chi connectivity index (χ4n) is 3.02. The Bertz CT molecular complexity index is 370.